The summed E-state index contributed by atoms with van der Waals surface area (Å²) in [7, 11) is 0. The van der Waals surface area contributed by atoms with E-state index in [9.17, 15) is 0 Å². The molecule has 3 nitrogen and oxygen atoms in total. The highest BCUT2D eigenvalue weighted by Crippen LogP contribution is 2.42. The highest BCUT2D eigenvalue weighted by Gasteiger charge is 2.20. The first-order valence-electron chi connectivity index (χ1n) is 20.5. The van der Waals surface area contributed by atoms with Crippen LogP contribution in [0.5, 0.6) is 0 Å². The van der Waals surface area contributed by atoms with Crippen LogP contribution in [0.4, 0.5) is 0 Å². The summed E-state index contributed by atoms with van der Waals surface area (Å²) in [5, 5.41) is 7.30. The minimum absolute atomic E-state index is 0.940. The van der Waals surface area contributed by atoms with Gasteiger partial charge in [-0.25, -0.2) is 4.98 Å². The second kappa shape index (κ2) is 13.8. The van der Waals surface area contributed by atoms with E-state index in [4.69, 9.17) is 4.98 Å². The fourth-order valence-electron chi connectivity index (χ4n) is 9.36. The van der Waals surface area contributed by atoms with Crippen LogP contribution in [0.1, 0.15) is 0 Å². The molecule has 3 heteroatoms. The van der Waals surface area contributed by atoms with Gasteiger partial charge in [0.25, 0.3) is 0 Å². The van der Waals surface area contributed by atoms with Crippen molar-refractivity contribution in [2.75, 3.05) is 0 Å². The van der Waals surface area contributed by atoms with Crippen molar-refractivity contribution in [3.05, 3.63) is 224 Å². The number of hydrogen-bond acceptors (Lipinski definition) is 1. The summed E-state index contributed by atoms with van der Waals surface area (Å²) in [6.07, 6.45) is 0. The Morgan fingerprint density at radius 2 is 0.783 bits per heavy atom. The Bertz CT molecular complexity index is 3580. The molecule has 12 rings (SSSR count). The zero-order valence-corrected chi connectivity index (χ0v) is 32.7. The van der Waals surface area contributed by atoms with Gasteiger partial charge in [-0.3, -0.25) is 0 Å². The van der Waals surface area contributed by atoms with Crippen molar-refractivity contribution in [3.8, 4) is 56.1 Å². The molecule has 3 heterocycles. The lowest BCUT2D eigenvalue weighted by molar-refractivity contribution is 1.17. The summed E-state index contributed by atoms with van der Waals surface area (Å²) < 4.78 is 4.88. The van der Waals surface area contributed by atoms with E-state index < -0.39 is 0 Å². The van der Waals surface area contributed by atoms with Crippen molar-refractivity contribution < 1.29 is 0 Å². The first kappa shape index (κ1) is 34.1. The zero-order chi connectivity index (χ0) is 39.6. The van der Waals surface area contributed by atoms with Gasteiger partial charge in [-0.1, -0.05) is 164 Å². The maximum atomic E-state index is 5.46. The summed E-state index contributed by atoms with van der Waals surface area (Å²) in [5.74, 6) is 0. The van der Waals surface area contributed by atoms with Gasteiger partial charge in [0, 0.05) is 43.7 Å². The molecule has 0 fully saturated rings. The lowest BCUT2D eigenvalue weighted by Gasteiger charge is -2.16. The van der Waals surface area contributed by atoms with Crippen molar-refractivity contribution in [1.82, 2.24) is 14.1 Å². The molecule has 3 aromatic heterocycles. The first-order chi connectivity index (χ1) is 29.8. The quantitative estimate of drug-likeness (QED) is 0.165. The molecule has 0 saturated carbocycles. The zero-order valence-electron chi connectivity index (χ0n) is 32.7. The van der Waals surface area contributed by atoms with E-state index in [1.165, 1.54) is 60.1 Å². The third-order valence-electron chi connectivity index (χ3n) is 12.1. The van der Waals surface area contributed by atoms with Crippen LogP contribution in [0.15, 0.2) is 224 Å². The van der Waals surface area contributed by atoms with E-state index in [1.54, 1.807) is 0 Å². The van der Waals surface area contributed by atoms with Gasteiger partial charge in [0.05, 0.1) is 39.1 Å². The van der Waals surface area contributed by atoms with Crippen molar-refractivity contribution >= 4 is 54.4 Å². The summed E-state index contributed by atoms with van der Waals surface area (Å²) in [4.78, 5) is 5.46. The number of aromatic nitrogens is 3. The summed E-state index contributed by atoms with van der Waals surface area (Å²) in [5.41, 5.74) is 15.7. The third-order valence-corrected chi connectivity index (χ3v) is 12.1. The molecule has 0 spiro atoms. The van der Waals surface area contributed by atoms with Gasteiger partial charge in [-0.15, -0.1) is 0 Å². The van der Waals surface area contributed by atoms with Crippen molar-refractivity contribution in [1.29, 1.82) is 0 Å². The van der Waals surface area contributed by atoms with Crippen molar-refractivity contribution in [2.45, 2.75) is 0 Å². The summed E-state index contributed by atoms with van der Waals surface area (Å²) in [6.45, 7) is 0. The van der Waals surface area contributed by atoms with Crippen molar-refractivity contribution in [3.63, 3.8) is 0 Å². The predicted octanol–water partition coefficient (Wildman–Crippen LogP) is 15.1. The third kappa shape index (κ3) is 5.48. The maximum absolute atomic E-state index is 5.46. The van der Waals surface area contributed by atoms with Crippen LogP contribution in [0, 0.1) is 0 Å². The molecule has 12 aromatic rings. The van der Waals surface area contributed by atoms with E-state index in [0.717, 1.165) is 50.4 Å². The van der Waals surface area contributed by atoms with Crippen LogP contribution >= 0.6 is 0 Å². The maximum Gasteiger partial charge on any atom is 0.0721 e. The van der Waals surface area contributed by atoms with Crippen molar-refractivity contribution in [2.24, 2.45) is 0 Å². The lowest BCUT2D eigenvalue weighted by atomic mass is 9.95. The van der Waals surface area contributed by atoms with Gasteiger partial charge in [0.2, 0.25) is 0 Å². The smallest absolute Gasteiger partial charge is 0.0721 e. The number of para-hydroxylation sites is 3. The van der Waals surface area contributed by atoms with E-state index in [2.05, 4.69) is 234 Å². The molecule has 0 bridgehead atoms. The van der Waals surface area contributed by atoms with E-state index in [-0.39, 0.29) is 0 Å². The number of rotatable bonds is 6. The van der Waals surface area contributed by atoms with Gasteiger partial charge in [-0.2, -0.15) is 0 Å². The molecule has 0 aliphatic rings. The van der Waals surface area contributed by atoms with Crippen LogP contribution in [0.2, 0.25) is 0 Å². The Hall–Kier alpha value is -8.01. The van der Waals surface area contributed by atoms with Gasteiger partial charge >= 0.3 is 0 Å². The molecule has 0 N–H and O–H groups in total. The highest BCUT2D eigenvalue weighted by atomic mass is 15.0. The Balaban J connectivity index is 1.09. The Morgan fingerprint density at radius 1 is 0.267 bits per heavy atom. The summed E-state index contributed by atoms with van der Waals surface area (Å²) in [6, 6.07) is 81.0. The highest BCUT2D eigenvalue weighted by molar-refractivity contribution is 6.20. The number of fused-ring (bicyclic) bond motifs is 7. The number of hydrogen-bond donors (Lipinski definition) is 0. The molecule has 60 heavy (non-hydrogen) atoms. The van der Waals surface area contributed by atoms with Crippen LogP contribution < -0.4 is 0 Å². The van der Waals surface area contributed by atoms with E-state index in [0.29, 0.717) is 0 Å². The van der Waals surface area contributed by atoms with Crippen LogP contribution in [0.3, 0.4) is 0 Å². The molecule has 0 saturated heterocycles. The minimum Gasteiger partial charge on any atom is -0.309 e. The fraction of sp³-hybridized carbons (Fsp3) is 0. The molecule has 0 aliphatic carbocycles. The second-order valence-electron chi connectivity index (χ2n) is 15.5. The molecule has 0 radical (unpaired) electrons. The SMILES string of the molecule is c1ccc(-c2cccc(-c3cc(-c4ccccc4)cc(-c4cccc5c(-n6c7ccccc7c7cc8c9ccccc9n(-c9ccccc9)c8cc76)cccc45)n3)c2)cc1. The number of pyridine rings is 1. The van der Waals surface area contributed by atoms with Crippen LogP contribution in [-0.2, 0) is 0 Å². The minimum atomic E-state index is 0.940. The largest absolute Gasteiger partial charge is 0.309 e. The van der Waals surface area contributed by atoms with Gasteiger partial charge in [0.15, 0.2) is 0 Å². The van der Waals surface area contributed by atoms with Crippen LogP contribution in [0.25, 0.3) is 111 Å². The summed E-state index contributed by atoms with van der Waals surface area (Å²) >= 11 is 0. The number of nitrogens with zero attached hydrogens (tertiary/aromatic N) is 3. The van der Waals surface area contributed by atoms with Gasteiger partial charge in [-0.05, 0) is 88.3 Å². The average Bonchev–Trinajstić information content (AvgIpc) is 3.83. The molecule has 0 atom stereocenters. The second-order valence-corrected chi connectivity index (χ2v) is 15.5. The normalized spacial score (nSPS) is 11.7. The Labute approximate surface area is 347 Å². The molecule has 0 aliphatic heterocycles. The fourth-order valence-corrected chi connectivity index (χ4v) is 9.36. The average molecular weight is 764 g/mol. The standard InChI is InChI=1S/C57H37N3/c1-4-17-38(18-5-1)40-21-14-22-41(33-40)51-34-42(39-19-6-2-7-20-39)35-52(58-51)45-28-15-29-46-44(45)27-16-32-55(46)60-54-31-13-11-26-48(54)50-36-49-47-25-10-12-30-53(47)59(56(49)37-57(50)60)43-23-8-3-9-24-43/h1-37H. The first-order valence-corrected chi connectivity index (χ1v) is 20.5. The molecule has 9 aromatic carbocycles. The molecular formula is C57H37N3. The molecule has 0 unspecified atom stereocenters. The molecular weight excluding hydrogens is 727 g/mol. The Morgan fingerprint density at radius 3 is 1.52 bits per heavy atom. The van der Waals surface area contributed by atoms with E-state index in [1.807, 2.05) is 0 Å². The van der Waals surface area contributed by atoms with Gasteiger partial charge < -0.3 is 9.13 Å². The van der Waals surface area contributed by atoms with Gasteiger partial charge in [0.1, 0.15) is 0 Å². The molecule has 0 amide bonds. The monoisotopic (exact) mass is 763 g/mol. The van der Waals surface area contributed by atoms with Crippen LogP contribution in [-0.4, -0.2) is 14.1 Å². The lowest BCUT2D eigenvalue weighted by Crippen LogP contribution is -1.97. The van der Waals surface area contributed by atoms with E-state index >= 15 is 0 Å². The predicted molar refractivity (Wildman–Crippen MR) is 252 cm³/mol. The number of benzene rings is 9. The Kier molecular flexibility index (Phi) is 7.85. The molecule has 280 valence electrons. The topological polar surface area (TPSA) is 22.8 Å².